The highest BCUT2D eigenvalue weighted by atomic mass is 16.2. The van der Waals surface area contributed by atoms with Crippen molar-refractivity contribution in [1.82, 2.24) is 4.98 Å². The van der Waals surface area contributed by atoms with Crippen LogP contribution in [0.5, 0.6) is 0 Å². The maximum Gasteiger partial charge on any atom is 0.232 e. The highest BCUT2D eigenvalue weighted by Crippen LogP contribution is 2.42. The Bertz CT molecular complexity index is 1330. The zero-order valence-corrected chi connectivity index (χ0v) is 20.1. The quantitative estimate of drug-likeness (QED) is 0.560. The first-order chi connectivity index (χ1) is 16.9. The summed E-state index contributed by atoms with van der Waals surface area (Å²) in [6.45, 7) is 5.27. The first-order valence-corrected chi connectivity index (χ1v) is 12.0. The Balaban J connectivity index is 1.33. The number of hydrogen-bond acceptors (Lipinski definition) is 4. The Kier molecular flexibility index (Phi) is 5.86. The Morgan fingerprint density at radius 2 is 1.97 bits per heavy atom. The van der Waals surface area contributed by atoms with Gasteiger partial charge in [-0.15, -0.1) is 0 Å². The molecule has 0 N–H and O–H groups in total. The number of benzene rings is 2. The molecule has 3 aromatic rings. The van der Waals surface area contributed by atoms with Crippen molar-refractivity contribution in [3.8, 4) is 6.07 Å². The van der Waals surface area contributed by atoms with Crippen LogP contribution in [-0.4, -0.2) is 29.9 Å². The minimum Gasteiger partial charge on any atom is -0.312 e. The van der Waals surface area contributed by atoms with Gasteiger partial charge in [-0.2, -0.15) is 5.26 Å². The molecule has 1 atom stereocenters. The fourth-order valence-electron chi connectivity index (χ4n) is 5.18. The van der Waals surface area contributed by atoms with Crippen LogP contribution >= 0.6 is 0 Å². The predicted octanol–water partition coefficient (Wildman–Crippen LogP) is 4.42. The molecular weight excluding hydrogens is 436 g/mol. The summed E-state index contributed by atoms with van der Waals surface area (Å²) in [6, 6.07) is 21.5. The highest BCUT2D eigenvalue weighted by Gasteiger charge is 2.43. The van der Waals surface area contributed by atoms with Crippen LogP contribution in [0.1, 0.15) is 42.7 Å². The van der Waals surface area contributed by atoms with Gasteiger partial charge in [-0.05, 0) is 60.4 Å². The number of nitrogens with zero attached hydrogens (tertiary/aromatic N) is 4. The van der Waals surface area contributed by atoms with Crippen LogP contribution in [0, 0.1) is 17.2 Å². The number of carbonyl (C=O) groups excluding carboxylic acids is 2. The summed E-state index contributed by atoms with van der Waals surface area (Å²) in [5.41, 5.74) is 5.42. The van der Waals surface area contributed by atoms with Gasteiger partial charge in [0.1, 0.15) is 0 Å². The maximum absolute atomic E-state index is 13.6. The summed E-state index contributed by atoms with van der Waals surface area (Å²) in [7, 11) is 0. The van der Waals surface area contributed by atoms with Gasteiger partial charge in [-0.1, -0.05) is 38.1 Å². The van der Waals surface area contributed by atoms with Crippen molar-refractivity contribution < 1.29 is 9.59 Å². The molecule has 5 rings (SSSR count). The van der Waals surface area contributed by atoms with E-state index in [4.69, 9.17) is 0 Å². The number of hydrogen-bond donors (Lipinski definition) is 0. The third kappa shape index (κ3) is 4.42. The topological polar surface area (TPSA) is 77.3 Å². The van der Waals surface area contributed by atoms with Crippen LogP contribution in [0.25, 0.3) is 0 Å². The van der Waals surface area contributed by atoms with E-state index in [9.17, 15) is 14.9 Å². The second kappa shape index (κ2) is 8.99. The number of amides is 2. The van der Waals surface area contributed by atoms with Gasteiger partial charge in [0.15, 0.2) is 0 Å². The second-order valence-electron chi connectivity index (χ2n) is 10.0. The fraction of sp³-hybridized carbons (Fsp3) is 0.310. The number of rotatable bonds is 5. The molecule has 0 spiro atoms. The minimum absolute atomic E-state index is 0.00894. The molecule has 2 aliphatic rings. The van der Waals surface area contributed by atoms with Crippen molar-refractivity contribution in [3.63, 3.8) is 0 Å². The van der Waals surface area contributed by atoms with Crippen LogP contribution in [0.4, 0.5) is 11.4 Å². The van der Waals surface area contributed by atoms with E-state index >= 15 is 0 Å². The molecule has 1 unspecified atom stereocenters. The molecule has 0 radical (unpaired) electrons. The molecule has 3 heterocycles. The van der Waals surface area contributed by atoms with Crippen LogP contribution in [0.15, 0.2) is 66.9 Å². The summed E-state index contributed by atoms with van der Waals surface area (Å²) >= 11 is 0. The number of carbonyl (C=O) groups is 2. The third-order valence-electron chi connectivity index (χ3n) is 7.06. The number of nitriles is 1. The predicted molar refractivity (Wildman–Crippen MR) is 135 cm³/mol. The summed E-state index contributed by atoms with van der Waals surface area (Å²) in [6.07, 6.45) is 3.77. The zero-order chi connectivity index (χ0) is 24.6. The van der Waals surface area contributed by atoms with Crippen LogP contribution in [-0.2, 0) is 27.8 Å². The van der Waals surface area contributed by atoms with Crippen LogP contribution in [0.2, 0.25) is 0 Å². The van der Waals surface area contributed by atoms with Crippen LogP contribution < -0.4 is 9.80 Å². The summed E-state index contributed by atoms with van der Waals surface area (Å²) in [5.74, 6) is -0.494. The molecule has 35 heavy (non-hydrogen) atoms. The summed E-state index contributed by atoms with van der Waals surface area (Å²) < 4.78 is 0. The van der Waals surface area contributed by atoms with Gasteiger partial charge in [0.05, 0.1) is 17.6 Å². The molecule has 6 nitrogen and oxygen atoms in total. The lowest BCUT2D eigenvalue weighted by molar-refractivity contribution is -0.124. The van der Waals surface area contributed by atoms with Gasteiger partial charge in [0.25, 0.3) is 0 Å². The maximum atomic E-state index is 13.6. The number of aryl methyl sites for hydroxylation is 2. The lowest BCUT2D eigenvalue weighted by Gasteiger charge is -2.23. The molecule has 176 valence electrons. The van der Waals surface area contributed by atoms with E-state index in [-0.39, 0.29) is 23.7 Å². The van der Waals surface area contributed by atoms with E-state index in [2.05, 4.69) is 43.1 Å². The van der Waals surface area contributed by atoms with E-state index in [1.807, 2.05) is 35.4 Å². The molecule has 0 saturated carbocycles. The zero-order valence-electron chi connectivity index (χ0n) is 20.1. The Morgan fingerprint density at radius 3 is 2.74 bits per heavy atom. The van der Waals surface area contributed by atoms with Gasteiger partial charge in [-0.3, -0.25) is 14.6 Å². The second-order valence-corrected chi connectivity index (χ2v) is 10.0. The fourth-order valence-corrected chi connectivity index (χ4v) is 5.18. The Labute approximate surface area is 205 Å². The van der Waals surface area contributed by atoms with Crippen molar-refractivity contribution in [2.24, 2.45) is 5.92 Å². The first-order valence-electron chi connectivity index (χ1n) is 12.0. The Morgan fingerprint density at radius 1 is 1.11 bits per heavy atom. The molecule has 0 aliphatic carbocycles. The minimum atomic E-state index is -0.404. The lowest BCUT2D eigenvalue weighted by atomic mass is 9.85. The standard InChI is InChI=1S/C29H28N4O2/c1-29(2)19-33(26-12-10-20(15-25(26)29)9-11-23-7-3-4-13-31-23)28(35)22-16-27(34)32(18-22)24-8-5-6-21(14-24)17-30/h3-8,10,12-15,22H,9,11,16,18-19H2,1-2H3. The van der Waals surface area contributed by atoms with Crippen molar-refractivity contribution in [2.75, 3.05) is 22.9 Å². The van der Waals surface area contributed by atoms with E-state index in [1.165, 1.54) is 11.1 Å². The van der Waals surface area contributed by atoms with E-state index in [1.54, 1.807) is 23.1 Å². The molecular formula is C29H28N4O2. The smallest absolute Gasteiger partial charge is 0.232 e. The van der Waals surface area contributed by atoms with Crippen molar-refractivity contribution >= 4 is 23.2 Å². The van der Waals surface area contributed by atoms with Gasteiger partial charge in [0.2, 0.25) is 11.8 Å². The molecule has 2 aliphatic heterocycles. The number of aromatic nitrogens is 1. The summed E-state index contributed by atoms with van der Waals surface area (Å²) in [5, 5.41) is 9.19. The Hall–Kier alpha value is -3.98. The average molecular weight is 465 g/mol. The van der Waals surface area contributed by atoms with Gasteiger partial charge in [-0.25, -0.2) is 0 Å². The van der Waals surface area contributed by atoms with Gasteiger partial charge in [0, 0.05) is 48.2 Å². The van der Waals surface area contributed by atoms with Gasteiger partial charge < -0.3 is 9.80 Å². The number of fused-ring (bicyclic) bond motifs is 1. The normalized spacial score (nSPS) is 18.4. The summed E-state index contributed by atoms with van der Waals surface area (Å²) in [4.78, 5) is 34.3. The lowest BCUT2D eigenvalue weighted by Crippen LogP contribution is -2.39. The van der Waals surface area contributed by atoms with Gasteiger partial charge >= 0.3 is 0 Å². The molecule has 0 bridgehead atoms. The monoisotopic (exact) mass is 464 g/mol. The van der Waals surface area contributed by atoms with Crippen molar-refractivity contribution in [3.05, 3.63) is 89.2 Å². The van der Waals surface area contributed by atoms with E-state index in [0.717, 1.165) is 24.2 Å². The van der Waals surface area contributed by atoms with Crippen molar-refractivity contribution in [2.45, 2.75) is 38.5 Å². The third-order valence-corrected chi connectivity index (χ3v) is 7.06. The average Bonchev–Trinajstić information content (AvgIpc) is 3.39. The number of anilines is 2. The number of pyridine rings is 1. The van der Waals surface area contributed by atoms with Crippen molar-refractivity contribution in [1.29, 1.82) is 5.26 Å². The molecule has 2 amide bonds. The molecule has 2 aromatic carbocycles. The van der Waals surface area contributed by atoms with E-state index < -0.39 is 5.92 Å². The van der Waals surface area contributed by atoms with Crippen LogP contribution in [0.3, 0.4) is 0 Å². The molecule has 1 fully saturated rings. The largest absolute Gasteiger partial charge is 0.312 e. The molecule has 1 aromatic heterocycles. The SMILES string of the molecule is CC1(C)CN(C(=O)C2CC(=O)N(c3cccc(C#N)c3)C2)c2ccc(CCc3ccccn3)cc21. The molecule has 1 saturated heterocycles. The van der Waals surface area contributed by atoms with E-state index in [0.29, 0.717) is 24.3 Å². The first kappa shape index (κ1) is 22.8. The molecule has 6 heteroatoms. The highest BCUT2D eigenvalue weighted by molar-refractivity contribution is 6.05.